The molecule has 1 atom stereocenters. The van der Waals surface area contributed by atoms with E-state index in [2.05, 4.69) is 36.5 Å². The minimum atomic E-state index is -0.134. The van der Waals surface area contributed by atoms with Crippen molar-refractivity contribution in [3.63, 3.8) is 0 Å². The van der Waals surface area contributed by atoms with Crippen LogP contribution in [0.4, 0.5) is 4.39 Å². The fourth-order valence-electron chi connectivity index (χ4n) is 2.07. The van der Waals surface area contributed by atoms with Gasteiger partial charge in [-0.25, -0.2) is 4.39 Å². The van der Waals surface area contributed by atoms with Crippen molar-refractivity contribution in [3.05, 3.63) is 71.0 Å². The Morgan fingerprint density at radius 3 is 2.33 bits per heavy atom. The molecule has 94 valence electrons. The van der Waals surface area contributed by atoms with E-state index in [1.165, 1.54) is 17.2 Å². The summed E-state index contributed by atoms with van der Waals surface area (Å²) in [5.74, 6) is -0.134. The van der Waals surface area contributed by atoms with Crippen LogP contribution in [0.25, 0.3) is 0 Å². The highest BCUT2D eigenvalue weighted by Crippen LogP contribution is 2.20. The highest BCUT2D eigenvalue weighted by atomic mass is 19.1. The highest BCUT2D eigenvalue weighted by molar-refractivity contribution is 5.27. The second kappa shape index (κ2) is 5.78. The van der Waals surface area contributed by atoms with Crippen LogP contribution in [0.3, 0.4) is 0 Å². The molecule has 0 aliphatic rings. The van der Waals surface area contributed by atoms with Crippen molar-refractivity contribution in [2.45, 2.75) is 19.4 Å². The molecule has 0 saturated heterocycles. The summed E-state index contributed by atoms with van der Waals surface area (Å²) in [5, 5.41) is 3.25. The van der Waals surface area contributed by atoms with Crippen molar-refractivity contribution in [2.75, 3.05) is 7.05 Å². The normalized spacial score (nSPS) is 12.4. The summed E-state index contributed by atoms with van der Waals surface area (Å²) in [4.78, 5) is 0. The van der Waals surface area contributed by atoms with Gasteiger partial charge in [0.2, 0.25) is 0 Å². The van der Waals surface area contributed by atoms with E-state index in [1.807, 2.05) is 19.2 Å². The highest BCUT2D eigenvalue weighted by Gasteiger charge is 2.12. The predicted molar refractivity (Wildman–Crippen MR) is 73.1 cm³/mol. The summed E-state index contributed by atoms with van der Waals surface area (Å²) < 4.78 is 13.6. The third-order valence-corrected chi connectivity index (χ3v) is 3.21. The van der Waals surface area contributed by atoms with Crippen molar-refractivity contribution in [2.24, 2.45) is 0 Å². The van der Waals surface area contributed by atoms with E-state index >= 15 is 0 Å². The second-order valence-electron chi connectivity index (χ2n) is 4.55. The molecule has 0 aromatic heterocycles. The number of hydrogen-bond acceptors (Lipinski definition) is 1. The van der Waals surface area contributed by atoms with Gasteiger partial charge in [0.25, 0.3) is 0 Å². The largest absolute Gasteiger partial charge is 0.313 e. The number of likely N-dealkylation sites (N-methyl/N-ethyl adjacent to an activating group) is 1. The number of aryl methyl sites for hydroxylation is 1. The maximum atomic E-state index is 13.6. The summed E-state index contributed by atoms with van der Waals surface area (Å²) in [6.07, 6.45) is 0.659. The molecule has 18 heavy (non-hydrogen) atoms. The topological polar surface area (TPSA) is 12.0 Å². The van der Waals surface area contributed by atoms with Crippen molar-refractivity contribution >= 4 is 0 Å². The van der Waals surface area contributed by atoms with Crippen molar-refractivity contribution in [1.82, 2.24) is 5.32 Å². The lowest BCUT2D eigenvalue weighted by Gasteiger charge is -2.17. The van der Waals surface area contributed by atoms with E-state index in [4.69, 9.17) is 0 Å². The first kappa shape index (κ1) is 12.8. The third kappa shape index (κ3) is 2.96. The van der Waals surface area contributed by atoms with Crippen molar-refractivity contribution < 1.29 is 4.39 Å². The third-order valence-electron chi connectivity index (χ3n) is 3.21. The summed E-state index contributed by atoms with van der Waals surface area (Å²) in [5.41, 5.74) is 3.17. The average molecular weight is 243 g/mol. The molecule has 0 aliphatic heterocycles. The van der Waals surface area contributed by atoms with Crippen molar-refractivity contribution in [3.8, 4) is 0 Å². The van der Waals surface area contributed by atoms with Gasteiger partial charge in [-0.05, 0) is 37.6 Å². The number of halogens is 1. The van der Waals surface area contributed by atoms with Gasteiger partial charge in [0.15, 0.2) is 0 Å². The number of nitrogens with one attached hydrogen (secondary N) is 1. The summed E-state index contributed by atoms with van der Waals surface area (Å²) in [6.45, 7) is 2.06. The van der Waals surface area contributed by atoms with E-state index in [9.17, 15) is 4.39 Å². The molecule has 2 rings (SSSR count). The Kier molecular flexibility index (Phi) is 4.11. The number of benzene rings is 2. The first-order valence-corrected chi connectivity index (χ1v) is 6.18. The molecule has 0 saturated carbocycles. The molecule has 2 heteroatoms. The van der Waals surface area contributed by atoms with E-state index in [0.29, 0.717) is 6.42 Å². The summed E-state index contributed by atoms with van der Waals surface area (Å²) in [6, 6.07) is 15.4. The Morgan fingerprint density at radius 2 is 1.72 bits per heavy atom. The van der Waals surface area contributed by atoms with Gasteiger partial charge in [0, 0.05) is 6.04 Å². The van der Waals surface area contributed by atoms with Gasteiger partial charge >= 0.3 is 0 Å². The molecule has 2 aromatic rings. The van der Waals surface area contributed by atoms with Crippen LogP contribution in [0.15, 0.2) is 48.5 Å². The quantitative estimate of drug-likeness (QED) is 0.864. The predicted octanol–water partition coefficient (Wildman–Crippen LogP) is 3.64. The van der Waals surface area contributed by atoms with Gasteiger partial charge in [-0.3, -0.25) is 0 Å². The maximum absolute atomic E-state index is 13.6. The average Bonchev–Trinajstić information content (AvgIpc) is 2.39. The standard InChI is InChI=1S/C16H18FN/c1-12-7-9-13(10-8-12)16(18-2)11-14-5-3-4-6-15(14)17/h3-10,16,18H,11H2,1-2H3. The molecule has 0 bridgehead atoms. The monoisotopic (exact) mass is 243 g/mol. The van der Waals surface area contributed by atoms with Crippen LogP contribution < -0.4 is 5.32 Å². The molecule has 0 fully saturated rings. The molecular formula is C16H18FN. The molecule has 0 radical (unpaired) electrons. The lowest BCUT2D eigenvalue weighted by atomic mass is 9.98. The maximum Gasteiger partial charge on any atom is 0.126 e. The van der Waals surface area contributed by atoms with Crippen LogP contribution in [-0.4, -0.2) is 7.05 Å². The fourth-order valence-corrected chi connectivity index (χ4v) is 2.07. The van der Waals surface area contributed by atoms with E-state index in [-0.39, 0.29) is 11.9 Å². The fraction of sp³-hybridized carbons (Fsp3) is 0.250. The first-order valence-electron chi connectivity index (χ1n) is 6.18. The van der Waals surface area contributed by atoms with E-state index in [0.717, 1.165) is 5.56 Å². The Balaban J connectivity index is 2.20. The lowest BCUT2D eigenvalue weighted by Crippen LogP contribution is -2.19. The zero-order valence-electron chi connectivity index (χ0n) is 10.8. The van der Waals surface area contributed by atoms with Crippen LogP contribution in [0.2, 0.25) is 0 Å². The van der Waals surface area contributed by atoms with Gasteiger partial charge in [0.05, 0.1) is 0 Å². The van der Waals surface area contributed by atoms with Crippen LogP contribution >= 0.6 is 0 Å². The molecule has 1 nitrogen and oxygen atoms in total. The van der Waals surface area contributed by atoms with Gasteiger partial charge in [-0.2, -0.15) is 0 Å². The van der Waals surface area contributed by atoms with Crippen LogP contribution in [0.5, 0.6) is 0 Å². The molecule has 1 N–H and O–H groups in total. The number of hydrogen-bond donors (Lipinski definition) is 1. The first-order chi connectivity index (χ1) is 8.70. The zero-order valence-corrected chi connectivity index (χ0v) is 10.8. The molecule has 0 amide bonds. The minimum absolute atomic E-state index is 0.134. The Labute approximate surface area is 108 Å². The lowest BCUT2D eigenvalue weighted by molar-refractivity contribution is 0.554. The number of rotatable bonds is 4. The molecule has 0 heterocycles. The zero-order chi connectivity index (χ0) is 13.0. The van der Waals surface area contributed by atoms with Crippen LogP contribution in [-0.2, 0) is 6.42 Å². The van der Waals surface area contributed by atoms with E-state index < -0.39 is 0 Å². The van der Waals surface area contributed by atoms with Gasteiger partial charge < -0.3 is 5.32 Å². The van der Waals surface area contributed by atoms with Gasteiger partial charge in [-0.1, -0.05) is 48.0 Å². The molecule has 0 aliphatic carbocycles. The van der Waals surface area contributed by atoms with E-state index in [1.54, 1.807) is 6.07 Å². The molecular weight excluding hydrogens is 225 g/mol. The summed E-state index contributed by atoms with van der Waals surface area (Å²) in [7, 11) is 1.91. The Bertz CT molecular complexity index is 505. The smallest absolute Gasteiger partial charge is 0.126 e. The van der Waals surface area contributed by atoms with Gasteiger partial charge in [0.1, 0.15) is 5.82 Å². The Morgan fingerprint density at radius 1 is 1.06 bits per heavy atom. The molecule has 0 spiro atoms. The SMILES string of the molecule is CNC(Cc1ccccc1F)c1ccc(C)cc1. The van der Waals surface area contributed by atoms with Crippen LogP contribution in [0.1, 0.15) is 22.7 Å². The van der Waals surface area contributed by atoms with Gasteiger partial charge in [-0.15, -0.1) is 0 Å². The molecule has 1 unspecified atom stereocenters. The van der Waals surface area contributed by atoms with Crippen molar-refractivity contribution in [1.29, 1.82) is 0 Å². The molecule has 2 aromatic carbocycles. The van der Waals surface area contributed by atoms with Crippen LogP contribution in [0, 0.1) is 12.7 Å². The Hall–Kier alpha value is -1.67. The minimum Gasteiger partial charge on any atom is -0.313 e. The summed E-state index contributed by atoms with van der Waals surface area (Å²) >= 11 is 0. The second-order valence-corrected chi connectivity index (χ2v) is 4.55.